The molecular formula is C20H23N3O3. The van der Waals surface area contributed by atoms with Crippen molar-refractivity contribution in [2.24, 2.45) is 0 Å². The van der Waals surface area contributed by atoms with E-state index < -0.39 is 4.92 Å². The third-order valence-electron chi connectivity index (χ3n) is 4.96. The second-order valence-electron chi connectivity index (χ2n) is 6.75. The molecule has 1 aliphatic heterocycles. The van der Waals surface area contributed by atoms with Crippen molar-refractivity contribution in [1.82, 2.24) is 9.80 Å². The molecule has 0 spiro atoms. The predicted octanol–water partition coefficient (Wildman–Crippen LogP) is 3.17. The Hall–Kier alpha value is -2.73. The molecule has 1 fully saturated rings. The Morgan fingerprint density at radius 3 is 2.35 bits per heavy atom. The van der Waals surface area contributed by atoms with Gasteiger partial charge in [0.2, 0.25) is 0 Å². The second-order valence-corrected chi connectivity index (χ2v) is 6.75. The normalized spacial score (nSPS) is 15.1. The average Bonchev–Trinajstić information content (AvgIpc) is 2.63. The number of nitro benzene ring substituents is 1. The number of rotatable bonds is 4. The highest BCUT2D eigenvalue weighted by Crippen LogP contribution is 2.20. The van der Waals surface area contributed by atoms with Gasteiger partial charge >= 0.3 is 0 Å². The number of aryl methyl sites for hydroxylation is 2. The molecule has 3 rings (SSSR count). The number of carbonyl (C=O) groups is 1. The van der Waals surface area contributed by atoms with Gasteiger partial charge in [-0.15, -0.1) is 0 Å². The highest BCUT2D eigenvalue weighted by atomic mass is 16.6. The zero-order valence-electron chi connectivity index (χ0n) is 15.1. The Labute approximate surface area is 153 Å². The summed E-state index contributed by atoms with van der Waals surface area (Å²) in [5.41, 5.74) is 3.68. The van der Waals surface area contributed by atoms with Crippen LogP contribution in [-0.2, 0) is 6.54 Å². The summed E-state index contributed by atoms with van der Waals surface area (Å²) in [5, 5.41) is 10.9. The van der Waals surface area contributed by atoms with E-state index >= 15 is 0 Å². The summed E-state index contributed by atoms with van der Waals surface area (Å²) in [6.07, 6.45) is 0. The van der Waals surface area contributed by atoms with Gasteiger partial charge < -0.3 is 4.90 Å². The Morgan fingerprint density at radius 2 is 1.73 bits per heavy atom. The molecule has 0 unspecified atom stereocenters. The number of piperazine rings is 1. The van der Waals surface area contributed by atoms with Crippen molar-refractivity contribution >= 4 is 11.6 Å². The van der Waals surface area contributed by atoms with Crippen molar-refractivity contribution in [2.45, 2.75) is 20.4 Å². The third-order valence-corrected chi connectivity index (χ3v) is 4.96. The van der Waals surface area contributed by atoms with Gasteiger partial charge in [-0.25, -0.2) is 0 Å². The number of carbonyl (C=O) groups excluding carboxylic acids is 1. The molecular weight excluding hydrogens is 330 g/mol. The summed E-state index contributed by atoms with van der Waals surface area (Å²) in [7, 11) is 0. The summed E-state index contributed by atoms with van der Waals surface area (Å²) in [5.74, 6) is -0.0569. The number of nitro groups is 1. The van der Waals surface area contributed by atoms with E-state index in [1.807, 2.05) is 11.0 Å². The topological polar surface area (TPSA) is 66.7 Å². The summed E-state index contributed by atoms with van der Waals surface area (Å²) < 4.78 is 0. The lowest BCUT2D eigenvalue weighted by Crippen LogP contribution is -2.48. The second kappa shape index (κ2) is 7.66. The van der Waals surface area contributed by atoms with Crippen molar-refractivity contribution < 1.29 is 9.72 Å². The van der Waals surface area contributed by atoms with Crippen LogP contribution in [0.5, 0.6) is 0 Å². The van der Waals surface area contributed by atoms with E-state index in [1.54, 1.807) is 19.1 Å². The Balaban J connectivity index is 1.61. The maximum Gasteiger partial charge on any atom is 0.272 e. The number of hydrogen-bond acceptors (Lipinski definition) is 4. The molecule has 6 heteroatoms. The molecule has 1 heterocycles. The van der Waals surface area contributed by atoms with Crippen molar-refractivity contribution in [3.8, 4) is 0 Å². The lowest BCUT2D eigenvalue weighted by atomic mass is 10.1. The van der Waals surface area contributed by atoms with Crippen LogP contribution >= 0.6 is 0 Å². The van der Waals surface area contributed by atoms with Crippen LogP contribution in [-0.4, -0.2) is 46.8 Å². The number of nitrogens with zero attached hydrogens (tertiary/aromatic N) is 3. The minimum absolute atomic E-state index is 0.0459. The molecule has 0 N–H and O–H groups in total. The van der Waals surface area contributed by atoms with Crippen molar-refractivity contribution in [1.29, 1.82) is 0 Å². The molecule has 1 aliphatic rings. The molecule has 2 aromatic carbocycles. The summed E-state index contributed by atoms with van der Waals surface area (Å²) >= 11 is 0. The van der Waals surface area contributed by atoms with Crippen LogP contribution in [0.2, 0.25) is 0 Å². The zero-order chi connectivity index (χ0) is 18.7. The van der Waals surface area contributed by atoms with Gasteiger partial charge in [-0.2, -0.15) is 0 Å². The summed E-state index contributed by atoms with van der Waals surface area (Å²) in [4.78, 5) is 27.4. The quantitative estimate of drug-likeness (QED) is 0.625. The molecule has 2 aromatic rings. The van der Waals surface area contributed by atoms with Gasteiger partial charge in [0.15, 0.2) is 0 Å². The Kier molecular flexibility index (Phi) is 5.32. The first-order valence-corrected chi connectivity index (χ1v) is 8.77. The van der Waals surface area contributed by atoms with Gasteiger partial charge in [0.05, 0.1) is 4.92 Å². The molecule has 136 valence electrons. The van der Waals surface area contributed by atoms with Crippen LogP contribution in [0.15, 0.2) is 42.5 Å². The van der Waals surface area contributed by atoms with Gasteiger partial charge in [-0.05, 0) is 37.1 Å². The lowest BCUT2D eigenvalue weighted by molar-refractivity contribution is -0.385. The highest BCUT2D eigenvalue weighted by Gasteiger charge is 2.23. The van der Waals surface area contributed by atoms with E-state index in [4.69, 9.17) is 0 Å². The number of amides is 1. The lowest BCUT2D eigenvalue weighted by Gasteiger charge is -2.35. The Morgan fingerprint density at radius 1 is 1.04 bits per heavy atom. The number of benzene rings is 2. The van der Waals surface area contributed by atoms with Crippen LogP contribution < -0.4 is 0 Å². The molecule has 0 aliphatic carbocycles. The Bertz CT molecular complexity index is 827. The van der Waals surface area contributed by atoms with E-state index in [1.165, 1.54) is 17.2 Å². The molecule has 0 radical (unpaired) electrons. The zero-order valence-corrected chi connectivity index (χ0v) is 15.1. The molecule has 0 atom stereocenters. The van der Waals surface area contributed by atoms with E-state index in [-0.39, 0.29) is 11.6 Å². The molecule has 0 saturated carbocycles. The molecule has 1 amide bonds. The third kappa shape index (κ3) is 3.91. The molecule has 0 aromatic heterocycles. The van der Waals surface area contributed by atoms with Crippen molar-refractivity contribution in [3.63, 3.8) is 0 Å². The van der Waals surface area contributed by atoms with Crippen molar-refractivity contribution in [3.05, 3.63) is 74.8 Å². The minimum atomic E-state index is -0.423. The fourth-order valence-corrected chi connectivity index (χ4v) is 3.31. The maximum atomic E-state index is 12.7. The van der Waals surface area contributed by atoms with E-state index in [9.17, 15) is 14.9 Å². The molecule has 26 heavy (non-hydrogen) atoms. The smallest absolute Gasteiger partial charge is 0.272 e. The monoisotopic (exact) mass is 353 g/mol. The minimum Gasteiger partial charge on any atom is -0.336 e. The van der Waals surface area contributed by atoms with Crippen LogP contribution in [0, 0.1) is 24.0 Å². The first-order chi connectivity index (χ1) is 12.5. The largest absolute Gasteiger partial charge is 0.336 e. The fraction of sp³-hybridized carbons (Fsp3) is 0.350. The first kappa shape index (κ1) is 18.1. The van der Waals surface area contributed by atoms with Gasteiger partial charge in [0.25, 0.3) is 11.6 Å². The van der Waals surface area contributed by atoms with Gasteiger partial charge in [0.1, 0.15) is 0 Å². The predicted molar refractivity (Wildman–Crippen MR) is 100 cm³/mol. The fourth-order valence-electron chi connectivity index (χ4n) is 3.31. The number of hydrogen-bond donors (Lipinski definition) is 0. The van der Waals surface area contributed by atoms with Gasteiger partial charge in [-0.3, -0.25) is 19.8 Å². The first-order valence-electron chi connectivity index (χ1n) is 8.77. The van der Waals surface area contributed by atoms with Gasteiger partial charge in [-0.1, -0.05) is 24.3 Å². The van der Waals surface area contributed by atoms with E-state index in [0.717, 1.165) is 19.6 Å². The van der Waals surface area contributed by atoms with E-state index in [0.29, 0.717) is 24.2 Å². The maximum absolute atomic E-state index is 12.7. The molecule has 0 bridgehead atoms. The van der Waals surface area contributed by atoms with Crippen LogP contribution in [0.1, 0.15) is 27.0 Å². The van der Waals surface area contributed by atoms with Crippen LogP contribution in [0.3, 0.4) is 0 Å². The average molecular weight is 353 g/mol. The van der Waals surface area contributed by atoms with E-state index in [2.05, 4.69) is 30.0 Å². The van der Waals surface area contributed by atoms with Crippen molar-refractivity contribution in [2.75, 3.05) is 26.2 Å². The standard InChI is InChI=1S/C20H23N3O3/c1-15-5-3-4-6-18(15)14-21-9-11-22(12-10-21)20(24)17-7-8-19(23(25)26)16(2)13-17/h3-8,13H,9-12,14H2,1-2H3. The van der Waals surface area contributed by atoms with Gasteiger partial charge in [0, 0.05) is 49.9 Å². The van der Waals surface area contributed by atoms with Crippen LogP contribution in [0.25, 0.3) is 0 Å². The summed E-state index contributed by atoms with van der Waals surface area (Å²) in [6, 6.07) is 12.9. The highest BCUT2D eigenvalue weighted by molar-refractivity contribution is 5.94. The SMILES string of the molecule is Cc1ccccc1CN1CCN(C(=O)c2ccc([N+](=O)[O-])c(C)c2)CC1. The summed E-state index contributed by atoms with van der Waals surface area (Å²) in [6.45, 7) is 7.66. The van der Waals surface area contributed by atoms with Crippen LogP contribution in [0.4, 0.5) is 5.69 Å². The molecule has 6 nitrogen and oxygen atoms in total. The molecule has 1 saturated heterocycles.